The Hall–Kier alpha value is -0.860. The van der Waals surface area contributed by atoms with Crippen molar-refractivity contribution in [3.8, 4) is 0 Å². The molecule has 0 radical (unpaired) electrons. The number of benzene rings is 1. The zero-order chi connectivity index (χ0) is 13.6. The van der Waals surface area contributed by atoms with E-state index in [0.29, 0.717) is 0 Å². The van der Waals surface area contributed by atoms with Gasteiger partial charge >= 0.3 is 0 Å². The van der Waals surface area contributed by atoms with Crippen LogP contribution in [-0.4, -0.2) is 30.1 Å². The monoisotopic (exact) mass is 249 g/mol. The lowest BCUT2D eigenvalue weighted by atomic mass is 9.84. The standard InChI is InChI=1S/C14H21NO.C2H6/c1-3-12-4-6-13(7-5-12)14(16)8-10-15(2)11-9-14;1-2/h4-7,16H,3,8-11H2,1-2H3;1-2H3. The molecule has 1 aromatic rings. The lowest BCUT2D eigenvalue weighted by molar-refractivity contribution is -0.0203. The van der Waals surface area contributed by atoms with Crippen LogP contribution in [0.4, 0.5) is 0 Å². The number of rotatable bonds is 2. The van der Waals surface area contributed by atoms with Crippen molar-refractivity contribution < 1.29 is 5.11 Å². The van der Waals surface area contributed by atoms with Gasteiger partial charge in [-0.1, -0.05) is 45.0 Å². The van der Waals surface area contributed by atoms with E-state index in [1.807, 2.05) is 13.8 Å². The molecule has 0 aliphatic carbocycles. The van der Waals surface area contributed by atoms with E-state index in [1.54, 1.807) is 0 Å². The molecule has 1 saturated heterocycles. The molecule has 1 heterocycles. The van der Waals surface area contributed by atoms with E-state index in [-0.39, 0.29) is 0 Å². The third-order valence-electron chi connectivity index (χ3n) is 3.71. The van der Waals surface area contributed by atoms with Gasteiger partial charge in [-0.3, -0.25) is 0 Å². The van der Waals surface area contributed by atoms with Crippen molar-refractivity contribution in [1.82, 2.24) is 4.90 Å². The van der Waals surface area contributed by atoms with Gasteiger partial charge < -0.3 is 10.0 Å². The van der Waals surface area contributed by atoms with E-state index >= 15 is 0 Å². The molecule has 18 heavy (non-hydrogen) atoms. The summed E-state index contributed by atoms with van der Waals surface area (Å²) in [6.45, 7) is 8.11. The fourth-order valence-corrected chi connectivity index (χ4v) is 2.33. The topological polar surface area (TPSA) is 23.5 Å². The van der Waals surface area contributed by atoms with E-state index in [1.165, 1.54) is 5.56 Å². The number of aryl methyl sites for hydroxylation is 1. The highest BCUT2D eigenvalue weighted by Gasteiger charge is 2.32. The maximum absolute atomic E-state index is 10.6. The third kappa shape index (κ3) is 3.56. The highest BCUT2D eigenvalue weighted by molar-refractivity contribution is 5.27. The van der Waals surface area contributed by atoms with Crippen molar-refractivity contribution in [2.45, 2.75) is 45.6 Å². The number of likely N-dealkylation sites (tertiary alicyclic amines) is 1. The Kier molecular flexibility index (Phi) is 5.83. The Morgan fingerprint density at radius 2 is 1.61 bits per heavy atom. The highest BCUT2D eigenvalue weighted by Crippen LogP contribution is 2.32. The summed E-state index contributed by atoms with van der Waals surface area (Å²) in [6, 6.07) is 8.44. The first-order valence-electron chi connectivity index (χ1n) is 7.14. The van der Waals surface area contributed by atoms with Gasteiger partial charge in [-0.15, -0.1) is 0 Å². The average Bonchev–Trinajstić information content (AvgIpc) is 2.45. The average molecular weight is 249 g/mol. The molecule has 2 rings (SSSR count). The normalized spacial score (nSPS) is 18.9. The van der Waals surface area contributed by atoms with Crippen LogP contribution in [0.25, 0.3) is 0 Å². The minimum absolute atomic E-state index is 0.598. The highest BCUT2D eigenvalue weighted by atomic mass is 16.3. The van der Waals surface area contributed by atoms with Crippen molar-refractivity contribution in [1.29, 1.82) is 0 Å². The van der Waals surface area contributed by atoms with Gasteiger partial charge in [-0.25, -0.2) is 0 Å². The lowest BCUT2D eigenvalue weighted by Gasteiger charge is -2.37. The van der Waals surface area contributed by atoms with Crippen molar-refractivity contribution in [2.24, 2.45) is 0 Å². The maximum Gasteiger partial charge on any atom is 0.0920 e. The number of hydrogen-bond acceptors (Lipinski definition) is 2. The van der Waals surface area contributed by atoms with Crippen molar-refractivity contribution in [2.75, 3.05) is 20.1 Å². The van der Waals surface area contributed by atoms with E-state index in [9.17, 15) is 5.11 Å². The van der Waals surface area contributed by atoms with Crippen LogP contribution >= 0.6 is 0 Å². The molecular weight excluding hydrogens is 222 g/mol. The summed E-state index contributed by atoms with van der Waals surface area (Å²) in [4.78, 5) is 2.27. The predicted molar refractivity (Wildman–Crippen MR) is 77.8 cm³/mol. The first-order valence-corrected chi connectivity index (χ1v) is 7.14. The summed E-state index contributed by atoms with van der Waals surface area (Å²) in [5.74, 6) is 0. The molecule has 1 fully saturated rings. The minimum atomic E-state index is -0.598. The number of hydrogen-bond donors (Lipinski definition) is 1. The molecule has 102 valence electrons. The van der Waals surface area contributed by atoms with Gasteiger partial charge in [0.05, 0.1) is 5.60 Å². The van der Waals surface area contributed by atoms with Gasteiger partial charge in [-0.05, 0) is 37.4 Å². The van der Waals surface area contributed by atoms with Gasteiger partial charge in [0.15, 0.2) is 0 Å². The lowest BCUT2D eigenvalue weighted by Crippen LogP contribution is -2.40. The third-order valence-corrected chi connectivity index (χ3v) is 3.71. The van der Waals surface area contributed by atoms with E-state index < -0.39 is 5.60 Å². The Bertz CT molecular complexity index is 337. The molecule has 0 spiro atoms. The number of piperidine rings is 1. The molecule has 0 bridgehead atoms. The number of aliphatic hydroxyl groups is 1. The summed E-state index contributed by atoms with van der Waals surface area (Å²) >= 11 is 0. The smallest absolute Gasteiger partial charge is 0.0920 e. The molecule has 1 aliphatic heterocycles. The molecule has 1 aliphatic rings. The fourth-order valence-electron chi connectivity index (χ4n) is 2.33. The Labute approximate surface area is 112 Å². The summed E-state index contributed by atoms with van der Waals surface area (Å²) in [7, 11) is 2.11. The summed E-state index contributed by atoms with van der Waals surface area (Å²) in [5.41, 5.74) is 1.82. The van der Waals surface area contributed by atoms with E-state index in [4.69, 9.17) is 0 Å². The van der Waals surface area contributed by atoms with Crippen LogP contribution in [-0.2, 0) is 12.0 Å². The van der Waals surface area contributed by atoms with Gasteiger partial charge in [0.2, 0.25) is 0 Å². The Morgan fingerprint density at radius 3 is 2.06 bits per heavy atom. The molecule has 2 heteroatoms. The summed E-state index contributed by atoms with van der Waals surface area (Å²) in [5, 5.41) is 10.6. The van der Waals surface area contributed by atoms with Gasteiger partial charge in [-0.2, -0.15) is 0 Å². The quantitative estimate of drug-likeness (QED) is 0.870. The number of nitrogens with zero attached hydrogens (tertiary/aromatic N) is 1. The molecule has 2 nitrogen and oxygen atoms in total. The van der Waals surface area contributed by atoms with Crippen LogP contribution in [0.1, 0.15) is 44.7 Å². The second-order valence-corrected chi connectivity index (χ2v) is 4.89. The van der Waals surface area contributed by atoms with Gasteiger partial charge in [0, 0.05) is 13.1 Å². The maximum atomic E-state index is 10.6. The fraction of sp³-hybridized carbons (Fsp3) is 0.625. The molecule has 0 atom stereocenters. The first kappa shape index (κ1) is 15.2. The zero-order valence-electron chi connectivity index (χ0n) is 12.2. The minimum Gasteiger partial charge on any atom is -0.385 e. The van der Waals surface area contributed by atoms with Gasteiger partial charge in [0.25, 0.3) is 0 Å². The van der Waals surface area contributed by atoms with Crippen LogP contribution in [0.3, 0.4) is 0 Å². The van der Waals surface area contributed by atoms with Crippen LogP contribution in [0.15, 0.2) is 24.3 Å². The second kappa shape index (κ2) is 6.91. The molecule has 0 amide bonds. The van der Waals surface area contributed by atoms with Crippen LogP contribution < -0.4 is 0 Å². The molecular formula is C16H27NO. The summed E-state index contributed by atoms with van der Waals surface area (Å²) < 4.78 is 0. The Morgan fingerprint density at radius 1 is 1.11 bits per heavy atom. The largest absolute Gasteiger partial charge is 0.385 e. The summed E-state index contributed by atoms with van der Waals surface area (Å²) in [6.07, 6.45) is 2.74. The zero-order valence-corrected chi connectivity index (χ0v) is 12.2. The van der Waals surface area contributed by atoms with E-state index in [0.717, 1.165) is 37.9 Å². The van der Waals surface area contributed by atoms with Crippen molar-refractivity contribution >= 4 is 0 Å². The van der Waals surface area contributed by atoms with Crippen LogP contribution in [0, 0.1) is 0 Å². The molecule has 1 N–H and O–H groups in total. The van der Waals surface area contributed by atoms with Crippen molar-refractivity contribution in [3.63, 3.8) is 0 Å². The van der Waals surface area contributed by atoms with Crippen LogP contribution in [0.5, 0.6) is 0 Å². The SMILES string of the molecule is CC.CCc1ccc(C2(O)CCN(C)CC2)cc1. The molecule has 0 unspecified atom stereocenters. The van der Waals surface area contributed by atoms with Gasteiger partial charge in [0.1, 0.15) is 0 Å². The molecule has 1 aromatic carbocycles. The molecule has 0 saturated carbocycles. The van der Waals surface area contributed by atoms with Crippen LogP contribution in [0.2, 0.25) is 0 Å². The predicted octanol–water partition coefficient (Wildman–Crippen LogP) is 3.19. The van der Waals surface area contributed by atoms with E-state index in [2.05, 4.69) is 43.1 Å². The molecule has 0 aromatic heterocycles. The Balaban J connectivity index is 0.000000771. The second-order valence-electron chi connectivity index (χ2n) is 4.89. The van der Waals surface area contributed by atoms with Crippen molar-refractivity contribution in [3.05, 3.63) is 35.4 Å². The first-order chi connectivity index (χ1) is 8.64.